The van der Waals surface area contributed by atoms with Crippen LogP contribution in [0.2, 0.25) is 0 Å². The lowest BCUT2D eigenvalue weighted by Gasteiger charge is -2.35. The molecule has 0 radical (unpaired) electrons. The Morgan fingerprint density at radius 3 is 2.70 bits per heavy atom. The van der Waals surface area contributed by atoms with Crippen LogP contribution in [0.1, 0.15) is 48.0 Å². The largest absolute Gasteiger partial charge is 0.489 e. The highest BCUT2D eigenvalue weighted by molar-refractivity contribution is 5.84. The van der Waals surface area contributed by atoms with E-state index in [0.717, 1.165) is 28.1 Å². The fourth-order valence-electron chi connectivity index (χ4n) is 3.44. The molecule has 0 bridgehead atoms. The average Bonchev–Trinajstić information content (AvgIpc) is 3.06. The van der Waals surface area contributed by atoms with E-state index in [4.69, 9.17) is 18.7 Å². The topological polar surface area (TPSA) is 91.1 Å². The molecular weight excluding hydrogens is 388 g/mol. The van der Waals surface area contributed by atoms with Gasteiger partial charge in [-0.2, -0.15) is 0 Å². The summed E-state index contributed by atoms with van der Waals surface area (Å²) in [5.74, 6) is 1.11. The molecule has 0 saturated carbocycles. The fraction of sp³-hybridized carbons (Fsp3) is 0.500. The molecule has 1 atom stereocenters. The minimum absolute atomic E-state index is 0.208. The molecule has 0 saturated heterocycles. The second-order valence-electron chi connectivity index (χ2n) is 7.79. The van der Waals surface area contributed by atoms with E-state index in [1.807, 2.05) is 39.8 Å². The first-order valence-electron chi connectivity index (χ1n) is 10.00. The van der Waals surface area contributed by atoms with Gasteiger partial charge in [0.2, 0.25) is 0 Å². The maximum atomic E-state index is 12.6. The van der Waals surface area contributed by atoms with Gasteiger partial charge in [0.25, 0.3) is 0 Å². The zero-order chi connectivity index (χ0) is 21.8. The summed E-state index contributed by atoms with van der Waals surface area (Å²) in [7, 11) is 1.31. The van der Waals surface area contributed by atoms with Gasteiger partial charge < -0.3 is 18.7 Å². The molecule has 1 unspecified atom stereocenters. The second kappa shape index (κ2) is 9.19. The number of rotatable bonds is 6. The molecule has 0 fully saturated rings. The quantitative estimate of drug-likeness (QED) is 0.663. The van der Waals surface area contributed by atoms with Gasteiger partial charge in [0.05, 0.1) is 25.0 Å². The third-order valence-electron chi connectivity index (χ3n) is 5.11. The van der Waals surface area contributed by atoms with Crippen LogP contribution in [0.5, 0.6) is 5.75 Å². The molecule has 30 heavy (non-hydrogen) atoms. The van der Waals surface area contributed by atoms with E-state index in [1.54, 1.807) is 6.07 Å². The van der Waals surface area contributed by atoms with Crippen LogP contribution < -0.4 is 4.74 Å². The zero-order valence-electron chi connectivity index (χ0n) is 18.1. The van der Waals surface area contributed by atoms with Gasteiger partial charge in [0, 0.05) is 6.54 Å². The number of carbonyl (C=O) groups excluding carboxylic acids is 2. The first-order chi connectivity index (χ1) is 14.3. The van der Waals surface area contributed by atoms with Crippen molar-refractivity contribution in [3.05, 3.63) is 46.3 Å². The van der Waals surface area contributed by atoms with E-state index in [2.05, 4.69) is 5.16 Å². The number of benzene rings is 1. The molecule has 0 N–H and O–H groups in total. The summed E-state index contributed by atoms with van der Waals surface area (Å²) in [4.78, 5) is 26.5. The van der Waals surface area contributed by atoms with Crippen LogP contribution in [0.15, 0.2) is 22.7 Å². The van der Waals surface area contributed by atoms with E-state index < -0.39 is 18.1 Å². The fourth-order valence-corrected chi connectivity index (χ4v) is 3.44. The van der Waals surface area contributed by atoms with E-state index in [-0.39, 0.29) is 5.92 Å². The van der Waals surface area contributed by atoms with E-state index in [9.17, 15) is 9.59 Å². The number of methoxy groups -OCH3 is 1. The number of esters is 1. The Morgan fingerprint density at radius 2 is 2.07 bits per heavy atom. The molecule has 1 aliphatic heterocycles. The number of carbonyl (C=O) groups is 2. The SMILES string of the molecule is COC(=O)C1c2ccc(OCc3c(C)noc3C)cc2CCN1C(=O)OCC(C)C. The molecule has 0 aliphatic carbocycles. The smallest absolute Gasteiger partial charge is 0.410 e. The van der Waals surface area contributed by atoms with Crippen molar-refractivity contribution >= 4 is 12.1 Å². The number of nitrogens with zero attached hydrogens (tertiary/aromatic N) is 2. The summed E-state index contributed by atoms with van der Waals surface area (Å²) in [6, 6.07) is 4.66. The number of ether oxygens (including phenoxy) is 3. The lowest BCUT2D eigenvalue weighted by molar-refractivity contribution is -0.147. The van der Waals surface area contributed by atoms with Crippen LogP contribution in [0.4, 0.5) is 4.79 Å². The number of aryl methyl sites for hydroxylation is 2. The minimum atomic E-state index is -0.838. The highest BCUT2D eigenvalue weighted by Gasteiger charge is 2.38. The Morgan fingerprint density at radius 1 is 1.30 bits per heavy atom. The summed E-state index contributed by atoms with van der Waals surface area (Å²) in [6.07, 6.45) is 0.0748. The average molecular weight is 416 g/mol. The number of fused-ring (bicyclic) bond motifs is 1. The number of hydrogen-bond acceptors (Lipinski definition) is 7. The molecule has 162 valence electrons. The molecular formula is C22H28N2O6. The van der Waals surface area contributed by atoms with Crippen molar-refractivity contribution in [2.24, 2.45) is 5.92 Å². The highest BCUT2D eigenvalue weighted by Crippen LogP contribution is 2.34. The van der Waals surface area contributed by atoms with Crippen LogP contribution in [-0.2, 0) is 27.3 Å². The Bertz CT molecular complexity index is 901. The van der Waals surface area contributed by atoms with E-state index >= 15 is 0 Å². The van der Waals surface area contributed by atoms with Crippen LogP contribution >= 0.6 is 0 Å². The molecule has 1 aliphatic rings. The van der Waals surface area contributed by atoms with Crippen molar-refractivity contribution in [1.29, 1.82) is 0 Å². The third-order valence-corrected chi connectivity index (χ3v) is 5.11. The van der Waals surface area contributed by atoms with E-state index in [0.29, 0.717) is 31.9 Å². The van der Waals surface area contributed by atoms with Crippen molar-refractivity contribution in [2.75, 3.05) is 20.3 Å². The molecule has 1 aromatic heterocycles. The van der Waals surface area contributed by atoms with Crippen molar-refractivity contribution in [1.82, 2.24) is 10.1 Å². The standard InChI is InChI=1S/C22H28N2O6/c1-13(2)11-29-22(26)24-9-8-16-10-17(6-7-18(16)20(24)21(25)27-5)28-12-19-14(3)23-30-15(19)4/h6-7,10,13,20H,8-9,11-12H2,1-5H3. The number of hydrogen-bond donors (Lipinski definition) is 0. The van der Waals surface area contributed by atoms with Gasteiger partial charge >= 0.3 is 12.1 Å². The maximum Gasteiger partial charge on any atom is 0.410 e. The van der Waals surface area contributed by atoms with Gasteiger partial charge in [0.15, 0.2) is 6.04 Å². The van der Waals surface area contributed by atoms with Crippen molar-refractivity contribution < 1.29 is 28.3 Å². The monoisotopic (exact) mass is 416 g/mol. The molecule has 2 heterocycles. The van der Waals surface area contributed by atoms with Gasteiger partial charge in [-0.05, 0) is 49.4 Å². The summed E-state index contributed by atoms with van der Waals surface area (Å²) in [5, 5.41) is 3.93. The van der Waals surface area contributed by atoms with Crippen LogP contribution in [0, 0.1) is 19.8 Å². The highest BCUT2D eigenvalue weighted by atomic mass is 16.6. The van der Waals surface area contributed by atoms with Gasteiger partial charge in [-0.25, -0.2) is 9.59 Å². The summed E-state index contributed by atoms with van der Waals surface area (Å²) in [5.41, 5.74) is 3.37. The molecule has 1 aromatic carbocycles. The first-order valence-corrected chi connectivity index (χ1v) is 10.00. The normalized spacial score (nSPS) is 15.7. The minimum Gasteiger partial charge on any atom is -0.489 e. The number of aromatic nitrogens is 1. The van der Waals surface area contributed by atoms with Crippen LogP contribution in [0.3, 0.4) is 0 Å². The van der Waals surface area contributed by atoms with Gasteiger partial charge in [-0.3, -0.25) is 4.90 Å². The molecule has 0 spiro atoms. The molecule has 8 heteroatoms. The first kappa shape index (κ1) is 21.7. The molecule has 3 rings (SSSR count). The predicted molar refractivity (Wildman–Crippen MR) is 108 cm³/mol. The number of amides is 1. The Labute approximate surface area is 176 Å². The zero-order valence-corrected chi connectivity index (χ0v) is 18.1. The maximum absolute atomic E-state index is 12.6. The third kappa shape index (κ3) is 4.58. The summed E-state index contributed by atoms with van der Waals surface area (Å²) >= 11 is 0. The van der Waals surface area contributed by atoms with Crippen molar-refractivity contribution in [3.8, 4) is 5.75 Å². The van der Waals surface area contributed by atoms with Gasteiger partial charge in [-0.1, -0.05) is 25.1 Å². The molecule has 1 amide bonds. The Balaban J connectivity index is 1.79. The molecule has 2 aromatic rings. The summed E-state index contributed by atoms with van der Waals surface area (Å²) in [6.45, 7) is 8.63. The summed E-state index contributed by atoms with van der Waals surface area (Å²) < 4.78 is 21.4. The second-order valence-corrected chi connectivity index (χ2v) is 7.79. The predicted octanol–water partition coefficient (Wildman–Crippen LogP) is 3.74. The Kier molecular flexibility index (Phi) is 6.64. The van der Waals surface area contributed by atoms with Gasteiger partial charge in [-0.15, -0.1) is 0 Å². The van der Waals surface area contributed by atoms with Crippen molar-refractivity contribution in [2.45, 2.75) is 46.8 Å². The van der Waals surface area contributed by atoms with E-state index in [1.165, 1.54) is 12.0 Å². The lowest BCUT2D eigenvalue weighted by Crippen LogP contribution is -2.44. The molecule has 8 nitrogen and oxygen atoms in total. The van der Waals surface area contributed by atoms with Crippen LogP contribution in [-0.4, -0.2) is 42.4 Å². The van der Waals surface area contributed by atoms with Crippen LogP contribution in [0.25, 0.3) is 0 Å². The lowest BCUT2D eigenvalue weighted by atomic mass is 9.92. The van der Waals surface area contributed by atoms with Gasteiger partial charge in [0.1, 0.15) is 18.1 Å². The Hall–Kier alpha value is -3.03. The van der Waals surface area contributed by atoms with Crippen molar-refractivity contribution in [3.63, 3.8) is 0 Å².